The molecule has 1 saturated heterocycles. The number of benzene rings is 1. The molecule has 0 radical (unpaired) electrons. The number of likely N-dealkylation sites (tertiary alicyclic amines) is 1. The SMILES string of the molecule is COc1cc(OC)cc(C(=O)Nc2ccnn2C2CCN(CC3CC=CCC3)CC2)c1.O=C(O)C(F)(F)F. The number of carbonyl (C=O) groups is 2. The maximum absolute atomic E-state index is 12.9. The second-order valence-corrected chi connectivity index (χ2v) is 9.20. The zero-order valence-corrected chi connectivity index (χ0v) is 21.4. The van der Waals surface area contributed by atoms with Gasteiger partial charge in [-0.15, -0.1) is 0 Å². The number of amides is 1. The molecule has 1 unspecified atom stereocenters. The van der Waals surface area contributed by atoms with Gasteiger partial charge in [-0.3, -0.25) is 4.79 Å². The van der Waals surface area contributed by atoms with E-state index in [1.54, 1.807) is 38.6 Å². The van der Waals surface area contributed by atoms with Crippen molar-refractivity contribution >= 4 is 17.7 Å². The van der Waals surface area contributed by atoms with Gasteiger partial charge in [-0.1, -0.05) is 12.2 Å². The zero-order chi connectivity index (χ0) is 27.7. The lowest BCUT2D eigenvalue weighted by Crippen LogP contribution is -2.38. The maximum atomic E-state index is 12.9. The number of hydrogen-bond acceptors (Lipinski definition) is 6. The molecular weight excluding hydrogens is 505 g/mol. The monoisotopic (exact) mass is 538 g/mol. The van der Waals surface area contributed by atoms with Crippen LogP contribution in [0.25, 0.3) is 0 Å². The van der Waals surface area contributed by atoms with Gasteiger partial charge in [0.15, 0.2) is 0 Å². The summed E-state index contributed by atoms with van der Waals surface area (Å²) in [6.07, 6.45) is 7.12. The molecule has 0 bridgehead atoms. The van der Waals surface area contributed by atoms with Gasteiger partial charge in [0.2, 0.25) is 0 Å². The summed E-state index contributed by atoms with van der Waals surface area (Å²) in [5, 5.41) is 14.7. The number of rotatable bonds is 7. The van der Waals surface area contributed by atoms with E-state index in [0.717, 1.165) is 37.7 Å². The van der Waals surface area contributed by atoms with Gasteiger partial charge < -0.3 is 24.8 Å². The number of methoxy groups -OCH3 is 2. The maximum Gasteiger partial charge on any atom is 0.490 e. The summed E-state index contributed by atoms with van der Waals surface area (Å²) >= 11 is 0. The number of aromatic nitrogens is 2. The van der Waals surface area contributed by atoms with Gasteiger partial charge >= 0.3 is 12.1 Å². The van der Waals surface area contributed by atoms with Crippen molar-refractivity contribution in [3.8, 4) is 11.5 Å². The highest BCUT2D eigenvalue weighted by atomic mass is 19.4. The molecule has 208 valence electrons. The Hall–Kier alpha value is -3.54. The quantitative estimate of drug-likeness (QED) is 0.489. The number of hydrogen-bond donors (Lipinski definition) is 2. The molecule has 1 amide bonds. The summed E-state index contributed by atoms with van der Waals surface area (Å²) in [7, 11) is 3.14. The Bertz CT molecular complexity index is 1090. The number of anilines is 1. The first kappa shape index (κ1) is 29.0. The fourth-order valence-electron chi connectivity index (χ4n) is 4.57. The van der Waals surface area contributed by atoms with Gasteiger partial charge in [-0.25, -0.2) is 9.48 Å². The van der Waals surface area contributed by atoms with E-state index in [1.165, 1.54) is 25.8 Å². The van der Waals surface area contributed by atoms with E-state index < -0.39 is 12.1 Å². The summed E-state index contributed by atoms with van der Waals surface area (Å²) in [6, 6.07) is 7.32. The van der Waals surface area contributed by atoms with Crippen LogP contribution in [-0.2, 0) is 4.79 Å². The third kappa shape index (κ3) is 8.23. The van der Waals surface area contributed by atoms with Crippen LogP contribution in [0.4, 0.5) is 19.0 Å². The molecule has 2 heterocycles. The molecule has 1 aliphatic heterocycles. The van der Waals surface area contributed by atoms with E-state index in [-0.39, 0.29) is 5.91 Å². The van der Waals surface area contributed by atoms with Crippen LogP contribution in [0.2, 0.25) is 0 Å². The lowest BCUT2D eigenvalue weighted by atomic mass is 9.93. The first-order chi connectivity index (χ1) is 18.1. The molecular formula is C26H33F3N4O5. The summed E-state index contributed by atoms with van der Waals surface area (Å²) in [6.45, 7) is 3.34. The Balaban J connectivity index is 0.000000505. The van der Waals surface area contributed by atoms with Crippen LogP contribution in [-0.4, -0.2) is 71.7 Å². The van der Waals surface area contributed by atoms with Crippen LogP contribution in [0.3, 0.4) is 0 Å². The average molecular weight is 539 g/mol. The van der Waals surface area contributed by atoms with Crippen molar-refractivity contribution in [2.75, 3.05) is 39.2 Å². The number of aliphatic carboxylic acids is 1. The van der Waals surface area contributed by atoms with Crippen LogP contribution in [0.5, 0.6) is 11.5 Å². The minimum Gasteiger partial charge on any atom is -0.497 e. The number of allylic oxidation sites excluding steroid dienone is 2. The molecule has 0 spiro atoms. The molecule has 0 saturated carbocycles. The third-order valence-corrected chi connectivity index (χ3v) is 6.57. The molecule has 2 aliphatic rings. The topological polar surface area (TPSA) is 106 Å². The number of ether oxygens (including phenoxy) is 2. The fraction of sp³-hybridized carbons (Fsp3) is 0.500. The van der Waals surface area contributed by atoms with E-state index in [9.17, 15) is 18.0 Å². The molecule has 2 aromatic rings. The number of carboxylic acids is 1. The molecule has 1 atom stereocenters. The minimum absolute atomic E-state index is 0.207. The van der Waals surface area contributed by atoms with Crippen molar-refractivity contribution in [3.63, 3.8) is 0 Å². The summed E-state index contributed by atoms with van der Waals surface area (Å²) < 4.78 is 44.3. The predicted molar refractivity (Wildman–Crippen MR) is 135 cm³/mol. The van der Waals surface area contributed by atoms with Crippen molar-refractivity contribution in [2.24, 2.45) is 5.92 Å². The highest BCUT2D eigenvalue weighted by molar-refractivity contribution is 6.04. The first-order valence-corrected chi connectivity index (χ1v) is 12.4. The van der Waals surface area contributed by atoms with Gasteiger partial charge in [-0.05, 0) is 50.2 Å². The Labute approximate surface area is 219 Å². The predicted octanol–water partition coefficient (Wildman–Crippen LogP) is 4.78. The average Bonchev–Trinajstić information content (AvgIpc) is 3.37. The number of carboxylic acid groups (broad SMARTS) is 1. The molecule has 38 heavy (non-hydrogen) atoms. The lowest BCUT2D eigenvalue weighted by molar-refractivity contribution is -0.192. The number of nitrogens with zero attached hydrogens (tertiary/aromatic N) is 3. The van der Waals surface area contributed by atoms with Gasteiger partial charge in [0.05, 0.1) is 26.5 Å². The number of nitrogens with one attached hydrogen (secondary N) is 1. The first-order valence-electron chi connectivity index (χ1n) is 12.4. The Morgan fingerprint density at radius 1 is 1.08 bits per heavy atom. The van der Waals surface area contributed by atoms with E-state index in [0.29, 0.717) is 23.1 Å². The molecule has 9 nitrogen and oxygen atoms in total. The van der Waals surface area contributed by atoms with E-state index >= 15 is 0 Å². The van der Waals surface area contributed by atoms with Crippen LogP contribution in [0.15, 0.2) is 42.6 Å². The van der Waals surface area contributed by atoms with Crippen molar-refractivity contribution in [1.29, 1.82) is 0 Å². The van der Waals surface area contributed by atoms with Gasteiger partial charge in [0.1, 0.15) is 17.3 Å². The normalized spacial score (nSPS) is 18.3. The van der Waals surface area contributed by atoms with Crippen LogP contribution in [0.1, 0.15) is 48.5 Å². The summed E-state index contributed by atoms with van der Waals surface area (Å²) in [5.41, 5.74) is 0.486. The molecule has 1 aliphatic carbocycles. The number of piperidine rings is 1. The van der Waals surface area contributed by atoms with Crippen molar-refractivity contribution in [3.05, 3.63) is 48.2 Å². The molecule has 2 N–H and O–H groups in total. The highest BCUT2D eigenvalue weighted by Crippen LogP contribution is 2.28. The standard InChI is InChI=1S/C24H32N4O3.C2HF3O2/c1-30-21-14-19(15-22(16-21)31-2)24(29)26-23-8-11-25-28(23)20-9-12-27(13-10-20)17-18-6-4-3-5-7-18;3-2(4,5)1(6)7/h3-4,8,11,14-16,18,20H,5-7,9-10,12-13,17H2,1-2H3,(H,26,29);(H,6,7). The minimum atomic E-state index is -5.08. The third-order valence-electron chi connectivity index (χ3n) is 6.57. The van der Waals surface area contributed by atoms with E-state index in [1.807, 2.05) is 10.7 Å². The Kier molecular flexibility index (Phi) is 10.2. The fourth-order valence-corrected chi connectivity index (χ4v) is 4.57. The van der Waals surface area contributed by atoms with Crippen LogP contribution < -0.4 is 14.8 Å². The number of alkyl halides is 3. The lowest BCUT2D eigenvalue weighted by Gasteiger charge is -2.35. The van der Waals surface area contributed by atoms with Gasteiger partial charge in [0, 0.05) is 37.3 Å². The van der Waals surface area contributed by atoms with Crippen molar-refractivity contribution < 1.29 is 37.3 Å². The Morgan fingerprint density at radius 3 is 2.24 bits per heavy atom. The Morgan fingerprint density at radius 2 is 1.71 bits per heavy atom. The van der Waals surface area contributed by atoms with Crippen molar-refractivity contribution in [1.82, 2.24) is 14.7 Å². The smallest absolute Gasteiger partial charge is 0.490 e. The van der Waals surface area contributed by atoms with E-state index in [2.05, 4.69) is 27.5 Å². The van der Waals surface area contributed by atoms with Gasteiger partial charge in [-0.2, -0.15) is 18.3 Å². The number of halogens is 3. The summed E-state index contributed by atoms with van der Waals surface area (Å²) in [4.78, 5) is 24.4. The van der Waals surface area contributed by atoms with Crippen molar-refractivity contribution in [2.45, 2.75) is 44.3 Å². The molecule has 4 rings (SSSR count). The largest absolute Gasteiger partial charge is 0.497 e. The van der Waals surface area contributed by atoms with Crippen LogP contribution in [0, 0.1) is 5.92 Å². The second kappa shape index (κ2) is 13.3. The molecule has 1 aromatic heterocycles. The molecule has 1 fully saturated rings. The van der Waals surface area contributed by atoms with E-state index in [4.69, 9.17) is 19.4 Å². The van der Waals surface area contributed by atoms with Gasteiger partial charge in [0.25, 0.3) is 5.91 Å². The summed E-state index contributed by atoms with van der Waals surface area (Å²) in [5.74, 6) is -0.282. The number of carbonyl (C=O) groups excluding carboxylic acids is 1. The zero-order valence-electron chi connectivity index (χ0n) is 21.4. The molecule has 12 heteroatoms. The second-order valence-electron chi connectivity index (χ2n) is 9.20. The van der Waals surface area contributed by atoms with Crippen LogP contribution >= 0.6 is 0 Å². The highest BCUT2D eigenvalue weighted by Gasteiger charge is 2.38. The molecule has 1 aromatic carbocycles.